The Hall–Kier alpha value is -0.800. The largest absolute Gasteiger partial charge is 0.472 e. The zero-order chi connectivity index (χ0) is 7.52. The predicted molar refractivity (Wildman–Crippen MR) is 40.2 cm³/mol. The fourth-order valence-corrected chi connectivity index (χ4v) is 0.969. The van der Waals surface area contributed by atoms with Gasteiger partial charge >= 0.3 is 0 Å². The van der Waals surface area contributed by atoms with Crippen molar-refractivity contribution in [2.45, 2.75) is 12.7 Å². The summed E-state index contributed by atoms with van der Waals surface area (Å²) >= 11 is 0. The van der Waals surface area contributed by atoms with Crippen molar-refractivity contribution in [3.8, 4) is 0 Å². The smallest absolute Gasteiger partial charge is 0.0957 e. The van der Waals surface area contributed by atoms with Crippen LogP contribution >= 0.6 is 0 Å². The molecule has 1 aromatic rings. The standard InChI is InChI=1S/C8H11NO2/c1-2-10-5-7(1)6-11-8-3-9-4-8/h1-2,5,8-9H,3-4,6H2. The molecule has 0 aliphatic carbocycles. The average molecular weight is 153 g/mol. The number of furan rings is 1. The first-order valence-electron chi connectivity index (χ1n) is 3.78. The molecule has 1 aliphatic rings. The molecule has 11 heavy (non-hydrogen) atoms. The molecule has 2 heterocycles. The molecule has 0 unspecified atom stereocenters. The Morgan fingerprint density at radius 2 is 2.55 bits per heavy atom. The van der Waals surface area contributed by atoms with Crippen LogP contribution in [0.15, 0.2) is 23.0 Å². The lowest BCUT2D eigenvalue weighted by molar-refractivity contribution is 0.00740. The molecule has 0 bridgehead atoms. The molecule has 0 atom stereocenters. The van der Waals surface area contributed by atoms with Gasteiger partial charge in [-0.3, -0.25) is 0 Å². The number of hydrogen-bond donors (Lipinski definition) is 1. The fourth-order valence-electron chi connectivity index (χ4n) is 0.969. The third kappa shape index (κ3) is 1.61. The summed E-state index contributed by atoms with van der Waals surface area (Å²) in [5, 5.41) is 3.14. The summed E-state index contributed by atoms with van der Waals surface area (Å²) in [5.41, 5.74) is 1.11. The van der Waals surface area contributed by atoms with Gasteiger partial charge in [0.1, 0.15) is 0 Å². The minimum absolute atomic E-state index is 0.407. The maximum absolute atomic E-state index is 5.50. The Bertz CT molecular complexity index is 204. The summed E-state index contributed by atoms with van der Waals surface area (Å²) in [6.45, 7) is 2.64. The second kappa shape index (κ2) is 3.07. The molecule has 1 aliphatic heterocycles. The zero-order valence-electron chi connectivity index (χ0n) is 6.25. The molecule has 1 saturated heterocycles. The number of hydrogen-bond acceptors (Lipinski definition) is 3. The van der Waals surface area contributed by atoms with E-state index in [1.165, 1.54) is 0 Å². The van der Waals surface area contributed by atoms with Crippen molar-refractivity contribution < 1.29 is 9.15 Å². The minimum atomic E-state index is 0.407. The molecule has 1 aromatic heterocycles. The van der Waals surface area contributed by atoms with E-state index in [9.17, 15) is 0 Å². The van der Waals surface area contributed by atoms with Gasteiger partial charge < -0.3 is 14.5 Å². The first kappa shape index (κ1) is 6.88. The summed E-state index contributed by atoms with van der Waals surface area (Å²) < 4.78 is 10.4. The number of ether oxygens (including phenoxy) is 1. The second-order valence-corrected chi connectivity index (χ2v) is 2.72. The third-order valence-electron chi connectivity index (χ3n) is 1.81. The van der Waals surface area contributed by atoms with Crippen molar-refractivity contribution in [1.29, 1.82) is 0 Å². The topological polar surface area (TPSA) is 34.4 Å². The SMILES string of the molecule is c1cc(COC2CNC2)co1. The number of rotatable bonds is 3. The van der Waals surface area contributed by atoms with Crippen LogP contribution in [-0.4, -0.2) is 19.2 Å². The summed E-state index contributed by atoms with van der Waals surface area (Å²) in [4.78, 5) is 0. The van der Waals surface area contributed by atoms with E-state index in [-0.39, 0.29) is 0 Å². The lowest BCUT2D eigenvalue weighted by atomic mass is 10.2. The molecule has 60 valence electrons. The normalized spacial score (nSPS) is 18.2. The van der Waals surface area contributed by atoms with Crippen molar-refractivity contribution >= 4 is 0 Å². The van der Waals surface area contributed by atoms with Crippen molar-refractivity contribution in [3.05, 3.63) is 24.2 Å². The summed E-state index contributed by atoms with van der Waals surface area (Å²) in [5.74, 6) is 0. The second-order valence-electron chi connectivity index (χ2n) is 2.72. The summed E-state index contributed by atoms with van der Waals surface area (Å²) in [6.07, 6.45) is 3.79. The Kier molecular flexibility index (Phi) is 1.92. The van der Waals surface area contributed by atoms with E-state index in [0.29, 0.717) is 12.7 Å². The molecule has 0 aromatic carbocycles. The molecule has 0 radical (unpaired) electrons. The van der Waals surface area contributed by atoms with Gasteiger partial charge in [-0.1, -0.05) is 0 Å². The molecular weight excluding hydrogens is 142 g/mol. The van der Waals surface area contributed by atoms with E-state index in [0.717, 1.165) is 18.7 Å². The van der Waals surface area contributed by atoms with E-state index in [1.807, 2.05) is 6.07 Å². The highest BCUT2D eigenvalue weighted by atomic mass is 16.5. The summed E-state index contributed by atoms with van der Waals surface area (Å²) in [6, 6.07) is 1.92. The van der Waals surface area contributed by atoms with Crippen molar-refractivity contribution in [3.63, 3.8) is 0 Å². The van der Waals surface area contributed by atoms with Crippen molar-refractivity contribution in [2.75, 3.05) is 13.1 Å². The van der Waals surface area contributed by atoms with Gasteiger partial charge in [0, 0.05) is 18.7 Å². The van der Waals surface area contributed by atoms with Gasteiger partial charge in [0.05, 0.1) is 25.2 Å². The molecule has 0 spiro atoms. The lowest BCUT2D eigenvalue weighted by Gasteiger charge is -2.26. The van der Waals surface area contributed by atoms with Crippen LogP contribution in [0.25, 0.3) is 0 Å². The molecule has 1 fully saturated rings. The van der Waals surface area contributed by atoms with Gasteiger partial charge in [-0.25, -0.2) is 0 Å². The predicted octanol–water partition coefficient (Wildman–Crippen LogP) is 0.768. The molecule has 0 saturated carbocycles. The molecular formula is C8H11NO2. The van der Waals surface area contributed by atoms with Crippen LogP contribution in [0.2, 0.25) is 0 Å². The van der Waals surface area contributed by atoms with E-state index >= 15 is 0 Å². The minimum Gasteiger partial charge on any atom is -0.472 e. The monoisotopic (exact) mass is 153 g/mol. The summed E-state index contributed by atoms with van der Waals surface area (Å²) in [7, 11) is 0. The highest BCUT2D eigenvalue weighted by molar-refractivity contribution is 5.03. The fraction of sp³-hybridized carbons (Fsp3) is 0.500. The van der Waals surface area contributed by atoms with Crippen LogP contribution in [0.1, 0.15) is 5.56 Å². The first-order chi connectivity index (χ1) is 5.45. The Labute approximate surface area is 65.3 Å². The van der Waals surface area contributed by atoms with Gasteiger partial charge in [-0.2, -0.15) is 0 Å². The van der Waals surface area contributed by atoms with Gasteiger partial charge in [0.25, 0.3) is 0 Å². The molecule has 2 rings (SSSR count). The van der Waals surface area contributed by atoms with Crippen molar-refractivity contribution in [2.24, 2.45) is 0 Å². The Morgan fingerprint density at radius 1 is 1.64 bits per heavy atom. The highest BCUT2D eigenvalue weighted by Gasteiger charge is 2.16. The van der Waals surface area contributed by atoms with Gasteiger partial charge in [-0.05, 0) is 6.07 Å². The maximum atomic E-state index is 5.50. The molecule has 0 amide bonds. The van der Waals surface area contributed by atoms with E-state index in [4.69, 9.17) is 9.15 Å². The quantitative estimate of drug-likeness (QED) is 0.696. The highest BCUT2D eigenvalue weighted by Crippen LogP contribution is 2.06. The van der Waals surface area contributed by atoms with E-state index in [1.54, 1.807) is 12.5 Å². The van der Waals surface area contributed by atoms with Crippen LogP contribution in [0.5, 0.6) is 0 Å². The molecule has 1 N–H and O–H groups in total. The Balaban J connectivity index is 1.74. The molecule has 3 nitrogen and oxygen atoms in total. The van der Waals surface area contributed by atoms with Gasteiger partial charge in [0.15, 0.2) is 0 Å². The third-order valence-corrected chi connectivity index (χ3v) is 1.81. The lowest BCUT2D eigenvalue weighted by Crippen LogP contribution is -2.48. The van der Waals surface area contributed by atoms with Crippen molar-refractivity contribution in [1.82, 2.24) is 5.32 Å². The average Bonchev–Trinajstić information content (AvgIpc) is 2.36. The van der Waals surface area contributed by atoms with Crippen LogP contribution in [0, 0.1) is 0 Å². The molecule has 3 heteroatoms. The first-order valence-corrected chi connectivity index (χ1v) is 3.78. The maximum Gasteiger partial charge on any atom is 0.0957 e. The Morgan fingerprint density at radius 3 is 3.09 bits per heavy atom. The van der Waals surface area contributed by atoms with Gasteiger partial charge in [-0.15, -0.1) is 0 Å². The van der Waals surface area contributed by atoms with Gasteiger partial charge in [0.2, 0.25) is 0 Å². The van der Waals surface area contributed by atoms with E-state index < -0.39 is 0 Å². The van der Waals surface area contributed by atoms with Crippen LogP contribution in [0.3, 0.4) is 0 Å². The van der Waals surface area contributed by atoms with Crippen LogP contribution in [-0.2, 0) is 11.3 Å². The number of nitrogens with one attached hydrogen (secondary N) is 1. The van der Waals surface area contributed by atoms with Crippen LogP contribution < -0.4 is 5.32 Å². The van der Waals surface area contributed by atoms with E-state index in [2.05, 4.69) is 5.32 Å². The van der Waals surface area contributed by atoms with Crippen LogP contribution in [0.4, 0.5) is 0 Å². The zero-order valence-corrected chi connectivity index (χ0v) is 6.25.